The molecule has 5 aromatic rings. The molecule has 5 rings (SSSR count). The van der Waals surface area contributed by atoms with E-state index in [1.807, 2.05) is 25.3 Å². The van der Waals surface area contributed by atoms with Gasteiger partial charge in [0.2, 0.25) is 0 Å². The highest BCUT2D eigenvalue weighted by Gasteiger charge is 2.16. The maximum Gasteiger partial charge on any atom is 0.116 e. The Morgan fingerprint density at radius 3 is 2.61 bits per heavy atom. The number of nitrogens with zero attached hydrogens (tertiary/aromatic N) is 2. The van der Waals surface area contributed by atoms with Crippen molar-refractivity contribution in [2.45, 2.75) is 34.1 Å². The molecule has 4 aromatic heterocycles. The van der Waals surface area contributed by atoms with Gasteiger partial charge >= 0.3 is 0 Å². The van der Waals surface area contributed by atoms with Crippen molar-refractivity contribution < 1.29 is 0 Å². The van der Waals surface area contributed by atoms with Gasteiger partial charge in [0.1, 0.15) is 5.69 Å². The lowest BCUT2D eigenvalue weighted by Gasteiger charge is -2.21. The summed E-state index contributed by atoms with van der Waals surface area (Å²) in [5.41, 5.74) is 9.09. The Morgan fingerprint density at radius 2 is 1.89 bits per heavy atom. The highest BCUT2D eigenvalue weighted by Crippen LogP contribution is 2.35. The van der Waals surface area contributed by atoms with Crippen molar-refractivity contribution in [3.05, 3.63) is 102 Å². The van der Waals surface area contributed by atoms with E-state index < -0.39 is 0 Å². The second kappa shape index (κ2) is 10.3. The van der Waals surface area contributed by atoms with Gasteiger partial charge in [0, 0.05) is 33.9 Å². The van der Waals surface area contributed by atoms with E-state index in [1.165, 1.54) is 0 Å². The van der Waals surface area contributed by atoms with E-state index >= 15 is 0 Å². The molecule has 0 unspecified atom stereocenters. The van der Waals surface area contributed by atoms with Crippen LogP contribution in [0, 0.1) is 5.41 Å². The summed E-state index contributed by atoms with van der Waals surface area (Å²) in [6.07, 6.45) is 8.79. The highest BCUT2D eigenvalue weighted by atomic mass is 32.1. The molecule has 5 nitrogen and oxygen atoms in total. The molecule has 192 valence electrons. The van der Waals surface area contributed by atoms with Crippen molar-refractivity contribution >= 4 is 38.7 Å². The molecule has 1 aromatic carbocycles. The molecule has 0 spiro atoms. The van der Waals surface area contributed by atoms with E-state index in [0.29, 0.717) is 0 Å². The van der Waals surface area contributed by atoms with Gasteiger partial charge in [0.25, 0.3) is 0 Å². The van der Waals surface area contributed by atoms with Crippen molar-refractivity contribution in [3.8, 4) is 22.0 Å². The molecule has 0 aliphatic rings. The van der Waals surface area contributed by atoms with Crippen LogP contribution >= 0.6 is 11.3 Å². The Hall–Kier alpha value is -4.16. The predicted molar refractivity (Wildman–Crippen MR) is 163 cm³/mol. The fourth-order valence-corrected chi connectivity index (χ4v) is 5.46. The highest BCUT2D eigenvalue weighted by molar-refractivity contribution is 7.13. The number of H-pyrrole nitrogens is 2. The fourth-order valence-electron chi connectivity index (χ4n) is 4.73. The lowest BCUT2D eigenvalue weighted by atomic mass is 9.91. The van der Waals surface area contributed by atoms with E-state index in [0.717, 1.165) is 72.7 Å². The molecule has 0 radical (unpaired) electrons. The van der Waals surface area contributed by atoms with Crippen LogP contribution < -0.4 is 5.32 Å². The topological polar surface area (TPSA) is 69.4 Å². The second-order valence-electron chi connectivity index (χ2n) is 10.6. The summed E-state index contributed by atoms with van der Waals surface area (Å²) < 4.78 is 0. The first-order valence-electron chi connectivity index (χ1n) is 12.7. The summed E-state index contributed by atoms with van der Waals surface area (Å²) in [7, 11) is 0. The van der Waals surface area contributed by atoms with Gasteiger partial charge in [0.15, 0.2) is 0 Å². The third kappa shape index (κ3) is 5.27. The molecule has 0 saturated carbocycles. The molecular formula is C32H33N5S. The minimum absolute atomic E-state index is 0.158. The van der Waals surface area contributed by atoms with Crippen molar-refractivity contribution in [1.82, 2.24) is 25.5 Å². The summed E-state index contributed by atoms with van der Waals surface area (Å²) >= 11 is 1.69. The maximum atomic E-state index is 4.68. The zero-order valence-corrected chi connectivity index (χ0v) is 23.2. The number of benzene rings is 1. The fraction of sp³-hybridized carbons (Fsp3) is 0.188. The Morgan fingerprint density at radius 1 is 1.08 bits per heavy atom. The average Bonchev–Trinajstić information content (AvgIpc) is 3.63. The number of allylic oxidation sites excluding steroid dienone is 5. The average molecular weight is 520 g/mol. The van der Waals surface area contributed by atoms with Gasteiger partial charge in [-0.05, 0) is 77.8 Å². The smallest absolute Gasteiger partial charge is 0.116 e. The maximum absolute atomic E-state index is 4.68. The van der Waals surface area contributed by atoms with Gasteiger partial charge in [-0.25, -0.2) is 0 Å². The molecule has 3 N–H and O–H groups in total. The number of hydrogen-bond acceptors (Lipinski definition) is 4. The van der Waals surface area contributed by atoms with Crippen LogP contribution in [0.5, 0.6) is 0 Å². The monoisotopic (exact) mass is 519 g/mol. The standard InChI is InChI=1S/C32H33N5S/c1-7-21(16-23(8-2)34-20(3)19-32(4,5)6)22-11-12-27-24(17-22)30(37-36-27)28-18-25-26(35-28)13-14-33-31(25)29-10-9-15-38-29/h7-18,34-35H,2-3,19H2,1,4-6H3,(H,36,37)/b21-7+,23-16+. The quantitative estimate of drug-likeness (QED) is 0.179. The van der Waals surface area contributed by atoms with Crippen LogP contribution in [-0.2, 0) is 0 Å². The molecule has 0 atom stereocenters. The minimum Gasteiger partial charge on any atom is -0.359 e. The van der Waals surface area contributed by atoms with Gasteiger partial charge in [-0.1, -0.05) is 52.1 Å². The van der Waals surface area contributed by atoms with Crippen LogP contribution in [0.1, 0.15) is 39.7 Å². The Bertz CT molecular complexity index is 1690. The Balaban J connectivity index is 1.51. The molecule has 0 aliphatic heterocycles. The SMILES string of the molecule is C=C/C(=C\C(=C/C)c1ccc2[nH]nc(-c3cc4c(-c5cccs5)nccc4[nH]3)c2c1)NC(=C)CC(C)(C)C. The summed E-state index contributed by atoms with van der Waals surface area (Å²) in [6, 6.07) is 14.7. The van der Waals surface area contributed by atoms with Crippen LogP contribution in [0.4, 0.5) is 0 Å². The third-order valence-electron chi connectivity index (χ3n) is 6.36. The molecule has 0 aliphatic carbocycles. The van der Waals surface area contributed by atoms with Crippen molar-refractivity contribution in [2.75, 3.05) is 0 Å². The Labute approximate surface area is 227 Å². The van der Waals surface area contributed by atoms with Crippen LogP contribution in [0.15, 0.2) is 96.8 Å². The number of rotatable bonds is 8. The van der Waals surface area contributed by atoms with Gasteiger partial charge in [-0.2, -0.15) is 5.10 Å². The molecule has 0 amide bonds. The van der Waals surface area contributed by atoms with Gasteiger partial charge < -0.3 is 10.3 Å². The summed E-state index contributed by atoms with van der Waals surface area (Å²) in [5.74, 6) is 0. The largest absolute Gasteiger partial charge is 0.359 e. The zero-order valence-electron chi connectivity index (χ0n) is 22.4. The minimum atomic E-state index is 0.158. The molecule has 0 fully saturated rings. The van der Waals surface area contributed by atoms with E-state index in [1.54, 1.807) is 11.3 Å². The number of hydrogen-bond donors (Lipinski definition) is 3. The van der Waals surface area contributed by atoms with Crippen LogP contribution in [-0.4, -0.2) is 20.2 Å². The molecule has 4 heterocycles. The van der Waals surface area contributed by atoms with Crippen LogP contribution in [0.25, 0.3) is 49.3 Å². The van der Waals surface area contributed by atoms with Crippen LogP contribution in [0.2, 0.25) is 0 Å². The van der Waals surface area contributed by atoms with E-state index in [9.17, 15) is 0 Å². The molecular weight excluding hydrogens is 486 g/mol. The number of pyridine rings is 1. The lowest BCUT2D eigenvalue weighted by Crippen LogP contribution is -2.16. The summed E-state index contributed by atoms with van der Waals surface area (Å²) in [4.78, 5) is 9.37. The van der Waals surface area contributed by atoms with Gasteiger partial charge in [-0.15, -0.1) is 11.3 Å². The first-order chi connectivity index (χ1) is 18.3. The van der Waals surface area contributed by atoms with E-state index in [-0.39, 0.29) is 5.41 Å². The first-order valence-corrected chi connectivity index (χ1v) is 13.6. The second-order valence-corrected chi connectivity index (χ2v) is 11.6. The summed E-state index contributed by atoms with van der Waals surface area (Å²) in [5, 5.41) is 15.5. The summed E-state index contributed by atoms with van der Waals surface area (Å²) in [6.45, 7) is 16.9. The lowest BCUT2D eigenvalue weighted by molar-refractivity contribution is 0.403. The van der Waals surface area contributed by atoms with Crippen molar-refractivity contribution in [1.29, 1.82) is 0 Å². The number of thiophene rings is 1. The number of fused-ring (bicyclic) bond motifs is 2. The zero-order chi connectivity index (χ0) is 26.9. The number of nitrogens with one attached hydrogen (secondary N) is 3. The molecule has 6 heteroatoms. The van der Waals surface area contributed by atoms with Gasteiger partial charge in [-0.3, -0.25) is 10.1 Å². The predicted octanol–water partition coefficient (Wildman–Crippen LogP) is 8.85. The normalized spacial score (nSPS) is 12.8. The van der Waals surface area contributed by atoms with E-state index in [4.69, 9.17) is 0 Å². The van der Waals surface area contributed by atoms with Crippen molar-refractivity contribution in [2.24, 2.45) is 5.41 Å². The third-order valence-corrected chi connectivity index (χ3v) is 7.24. The van der Waals surface area contributed by atoms with Crippen LogP contribution in [0.3, 0.4) is 0 Å². The Kier molecular flexibility index (Phi) is 6.91. The van der Waals surface area contributed by atoms with Crippen molar-refractivity contribution in [3.63, 3.8) is 0 Å². The molecule has 0 saturated heterocycles. The number of aromatic nitrogens is 4. The first kappa shape index (κ1) is 25.5. The number of aromatic amines is 2. The molecule has 0 bridgehead atoms. The molecule has 38 heavy (non-hydrogen) atoms. The van der Waals surface area contributed by atoms with E-state index in [2.05, 4.69) is 113 Å². The van der Waals surface area contributed by atoms with Gasteiger partial charge in [0.05, 0.1) is 21.8 Å².